The number of amides is 2. The summed E-state index contributed by atoms with van der Waals surface area (Å²) in [6.07, 6.45) is 7.84. The number of nitrogens with zero attached hydrogens (tertiary/aromatic N) is 3. The molecular formula is C28H39ClN4O2S. The summed E-state index contributed by atoms with van der Waals surface area (Å²) in [7, 11) is 2.20. The molecule has 0 spiro atoms. The molecule has 2 aliphatic heterocycles. The first-order valence-electron chi connectivity index (χ1n) is 13.6. The lowest BCUT2D eigenvalue weighted by Crippen LogP contribution is -2.65. The van der Waals surface area contributed by atoms with Crippen molar-refractivity contribution in [1.82, 2.24) is 20.0 Å². The summed E-state index contributed by atoms with van der Waals surface area (Å²) in [4.78, 5) is 35.2. The zero-order chi connectivity index (χ0) is 25.3. The van der Waals surface area contributed by atoms with Crippen molar-refractivity contribution in [3.8, 4) is 0 Å². The van der Waals surface area contributed by atoms with Crippen molar-refractivity contribution in [2.24, 2.45) is 5.92 Å². The molecular weight excluding hydrogens is 492 g/mol. The number of halogens is 1. The Morgan fingerprint density at radius 1 is 0.972 bits per heavy atom. The molecule has 5 rings (SSSR count). The number of nitrogens with one attached hydrogen (secondary N) is 1. The Balaban J connectivity index is 1.30. The number of carbonyl (C=O) groups excluding carboxylic acids is 2. The SMILES string of the molecule is CN1CCC(N2CCN(C(=O)[C@@](C)(NC(=O)c3cc4ccc(Cl)cc4s3)C3CCCCC3)CC2)CC1. The lowest BCUT2D eigenvalue weighted by Gasteiger charge is -2.46. The summed E-state index contributed by atoms with van der Waals surface area (Å²) in [5.41, 5.74) is -0.888. The lowest BCUT2D eigenvalue weighted by atomic mass is 9.74. The topological polar surface area (TPSA) is 55.9 Å². The zero-order valence-electron chi connectivity index (χ0n) is 21.6. The summed E-state index contributed by atoms with van der Waals surface area (Å²) in [6.45, 7) is 7.61. The van der Waals surface area contributed by atoms with Gasteiger partial charge >= 0.3 is 0 Å². The van der Waals surface area contributed by atoms with Gasteiger partial charge in [0.2, 0.25) is 5.91 Å². The Labute approximate surface area is 223 Å². The van der Waals surface area contributed by atoms with Crippen LogP contribution in [0.1, 0.15) is 61.5 Å². The monoisotopic (exact) mass is 530 g/mol. The van der Waals surface area contributed by atoms with Crippen LogP contribution < -0.4 is 5.32 Å². The first-order valence-corrected chi connectivity index (χ1v) is 14.8. The molecule has 1 N–H and O–H groups in total. The van der Waals surface area contributed by atoms with E-state index in [-0.39, 0.29) is 17.7 Å². The average Bonchev–Trinajstić information content (AvgIpc) is 3.33. The van der Waals surface area contributed by atoms with Crippen molar-refractivity contribution >= 4 is 44.8 Å². The van der Waals surface area contributed by atoms with Crippen LogP contribution in [-0.4, -0.2) is 84.4 Å². The fourth-order valence-corrected chi connectivity index (χ4v) is 7.64. The zero-order valence-corrected chi connectivity index (χ0v) is 23.2. The molecule has 1 aromatic heterocycles. The smallest absolute Gasteiger partial charge is 0.262 e. The van der Waals surface area contributed by atoms with Crippen molar-refractivity contribution in [2.75, 3.05) is 46.3 Å². The van der Waals surface area contributed by atoms with Gasteiger partial charge in [-0.1, -0.05) is 36.9 Å². The Kier molecular flexibility index (Phi) is 7.92. The van der Waals surface area contributed by atoms with Crippen molar-refractivity contribution in [1.29, 1.82) is 0 Å². The van der Waals surface area contributed by atoms with E-state index in [1.54, 1.807) is 0 Å². The van der Waals surface area contributed by atoms with Gasteiger partial charge in [0.25, 0.3) is 5.91 Å². The van der Waals surface area contributed by atoms with Gasteiger partial charge in [-0.3, -0.25) is 14.5 Å². The van der Waals surface area contributed by atoms with Crippen LogP contribution in [0.4, 0.5) is 0 Å². The number of likely N-dealkylation sites (tertiary alicyclic amines) is 1. The fraction of sp³-hybridized carbons (Fsp3) is 0.643. The van der Waals surface area contributed by atoms with E-state index in [1.807, 2.05) is 36.1 Å². The summed E-state index contributed by atoms with van der Waals surface area (Å²) < 4.78 is 0.989. The van der Waals surface area contributed by atoms with Gasteiger partial charge in [0.05, 0.1) is 4.88 Å². The number of carbonyl (C=O) groups is 2. The summed E-state index contributed by atoms with van der Waals surface area (Å²) in [6, 6.07) is 8.23. The molecule has 1 aromatic carbocycles. The van der Waals surface area contributed by atoms with Crippen LogP contribution >= 0.6 is 22.9 Å². The van der Waals surface area contributed by atoms with E-state index in [2.05, 4.69) is 22.2 Å². The first kappa shape index (κ1) is 26.0. The van der Waals surface area contributed by atoms with Gasteiger partial charge in [-0.25, -0.2) is 0 Å². The van der Waals surface area contributed by atoms with Crippen LogP contribution in [0, 0.1) is 5.92 Å². The summed E-state index contributed by atoms with van der Waals surface area (Å²) >= 11 is 7.60. The van der Waals surface area contributed by atoms with Gasteiger partial charge in [-0.2, -0.15) is 0 Å². The van der Waals surface area contributed by atoms with Gasteiger partial charge in [0, 0.05) is 41.9 Å². The van der Waals surface area contributed by atoms with Gasteiger partial charge in [-0.05, 0) is 82.2 Å². The Bertz CT molecular complexity index is 1080. The third kappa shape index (κ3) is 5.45. The van der Waals surface area contributed by atoms with E-state index >= 15 is 0 Å². The molecule has 2 aromatic rings. The highest BCUT2D eigenvalue weighted by Crippen LogP contribution is 2.36. The highest BCUT2D eigenvalue weighted by atomic mass is 35.5. The summed E-state index contributed by atoms with van der Waals surface area (Å²) in [5.74, 6) is 0.104. The fourth-order valence-electron chi connectivity index (χ4n) is 6.40. The van der Waals surface area contributed by atoms with Crippen LogP contribution in [0.15, 0.2) is 24.3 Å². The van der Waals surface area contributed by atoms with Gasteiger partial charge in [0.15, 0.2) is 0 Å². The van der Waals surface area contributed by atoms with E-state index < -0.39 is 5.54 Å². The molecule has 1 atom stereocenters. The quantitative estimate of drug-likeness (QED) is 0.599. The second-order valence-corrected chi connectivity index (χ2v) is 12.7. The average molecular weight is 531 g/mol. The highest BCUT2D eigenvalue weighted by molar-refractivity contribution is 7.20. The Morgan fingerprint density at radius 2 is 1.67 bits per heavy atom. The van der Waals surface area contributed by atoms with Crippen LogP contribution in [0.5, 0.6) is 0 Å². The predicted molar refractivity (Wildman–Crippen MR) is 148 cm³/mol. The van der Waals surface area contributed by atoms with E-state index in [1.165, 1.54) is 30.6 Å². The molecule has 0 radical (unpaired) electrons. The molecule has 1 saturated carbocycles. The molecule has 3 heterocycles. The third-order valence-corrected chi connectivity index (χ3v) is 10.1. The van der Waals surface area contributed by atoms with E-state index in [9.17, 15) is 9.59 Å². The minimum Gasteiger partial charge on any atom is -0.338 e. The molecule has 1 aliphatic carbocycles. The van der Waals surface area contributed by atoms with E-state index in [0.717, 1.165) is 75.0 Å². The standard InChI is InChI=1S/C28H39ClN4O2S/c1-28(21-6-4-3-5-7-21,30-26(34)25-18-20-8-9-22(29)19-24(20)36-25)27(35)33-16-14-32(15-17-33)23-10-12-31(2)13-11-23/h8-9,18-19,21,23H,3-7,10-17H2,1-2H3,(H,30,34)/t28-/m0/s1. The Hall–Kier alpha value is -1.67. The second kappa shape index (κ2) is 11.0. The molecule has 2 amide bonds. The van der Waals surface area contributed by atoms with Gasteiger partial charge in [0.1, 0.15) is 5.54 Å². The van der Waals surface area contributed by atoms with Crippen LogP contribution in [-0.2, 0) is 4.79 Å². The highest BCUT2D eigenvalue weighted by Gasteiger charge is 2.46. The molecule has 0 bridgehead atoms. The molecule has 2 saturated heterocycles. The van der Waals surface area contributed by atoms with Crippen molar-refractivity contribution in [2.45, 2.75) is 63.5 Å². The molecule has 3 fully saturated rings. The maximum atomic E-state index is 14.1. The van der Waals surface area contributed by atoms with Crippen LogP contribution in [0.2, 0.25) is 5.02 Å². The molecule has 0 unspecified atom stereocenters. The number of fused-ring (bicyclic) bond motifs is 1. The number of hydrogen-bond donors (Lipinski definition) is 1. The minimum absolute atomic E-state index is 0.0925. The number of piperidine rings is 1. The molecule has 36 heavy (non-hydrogen) atoms. The minimum atomic E-state index is -0.888. The van der Waals surface area contributed by atoms with Crippen LogP contribution in [0.3, 0.4) is 0 Å². The van der Waals surface area contributed by atoms with E-state index in [0.29, 0.717) is 15.9 Å². The molecule has 6 nitrogen and oxygen atoms in total. The normalized spacial score (nSPS) is 23.0. The van der Waals surface area contributed by atoms with Crippen molar-refractivity contribution < 1.29 is 9.59 Å². The maximum Gasteiger partial charge on any atom is 0.262 e. The first-order chi connectivity index (χ1) is 17.3. The maximum absolute atomic E-state index is 14.1. The predicted octanol–water partition coefficient (Wildman–Crippen LogP) is 4.86. The molecule has 3 aliphatic rings. The number of thiophene rings is 1. The number of rotatable bonds is 5. The number of benzene rings is 1. The summed E-state index contributed by atoms with van der Waals surface area (Å²) in [5, 5.41) is 4.93. The lowest BCUT2D eigenvalue weighted by molar-refractivity contribution is -0.142. The van der Waals surface area contributed by atoms with Crippen molar-refractivity contribution in [3.63, 3.8) is 0 Å². The van der Waals surface area contributed by atoms with Gasteiger partial charge in [-0.15, -0.1) is 11.3 Å². The second-order valence-electron chi connectivity index (χ2n) is 11.1. The molecule has 8 heteroatoms. The largest absolute Gasteiger partial charge is 0.338 e. The molecule has 196 valence electrons. The van der Waals surface area contributed by atoms with Gasteiger partial charge < -0.3 is 15.1 Å². The third-order valence-electron chi connectivity index (χ3n) is 8.75. The Morgan fingerprint density at radius 3 is 2.36 bits per heavy atom. The van der Waals surface area contributed by atoms with E-state index in [4.69, 9.17) is 11.6 Å². The number of hydrogen-bond acceptors (Lipinski definition) is 5. The number of piperazine rings is 1. The van der Waals surface area contributed by atoms with Crippen molar-refractivity contribution in [3.05, 3.63) is 34.2 Å². The van der Waals surface area contributed by atoms with Crippen LogP contribution in [0.25, 0.3) is 10.1 Å².